The monoisotopic (exact) mass is 304 g/mol. The van der Waals surface area contributed by atoms with Crippen molar-refractivity contribution >= 4 is 0 Å². The summed E-state index contributed by atoms with van der Waals surface area (Å²) in [5.41, 5.74) is 1.40. The Kier molecular flexibility index (Phi) is 7.30. The minimum atomic E-state index is 0.477. The number of nitrogens with zero attached hydrogens (tertiary/aromatic N) is 3. The molecule has 0 bridgehead atoms. The van der Waals surface area contributed by atoms with Crippen molar-refractivity contribution < 1.29 is 0 Å². The van der Waals surface area contributed by atoms with Gasteiger partial charge in [-0.2, -0.15) is 0 Å². The van der Waals surface area contributed by atoms with Crippen molar-refractivity contribution in [1.29, 1.82) is 0 Å². The van der Waals surface area contributed by atoms with E-state index < -0.39 is 0 Å². The van der Waals surface area contributed by atoms with E-state index in [0.717, 1.165) is 26.2 Å². The van der Waals surface area contributed by atoms with E-state index in [1.165, 1.54) is 31.5 Å². The minimum absolute atomic E-state index is 0.477. The molecule has 0 aromatic carbocycles. The van der Waals surface area contributed by atoms with Gasteiger partial charge in [-0.25, -0.2) is 0 Å². The molecule has 22 heavy (non-hydrogen) atoms. The maximum atomic E-state index is 4.20. The van der Waals surface area contributed by atoms with Gasteiger partial charge in [0.2, 0.25) is 0 Å². The first kappa shape index (κ1) is 17.4. The Bertz CT molecular complexity index is 403. The van der Waals surface area contributed by atoms with Crippen molar-refractivity contribution in [2.24, 2.45) is 0 Å². The minimum Gasteiger partial charge on any atom is -0.312 e. The topological polar surface area (TPSA) is 31.4 Å². The Morgan fingerprint density at radius 1 is 1.27 bits per heavy atom. The van der Waals surface area contributed by atoms with Crippen molar-refractivity contribution in [2.45, 2.75) is 45.7 Å². The summed E-state index contributed by atoms with van der Waals surface area (Å²) in [6.45, 7) is 13.7. The van der Waals surface area contributed by atoms with E-state index in [0.29, 0.717) is 12.1 Å². The summed E-state index contributed by atoms with van der Waals surface area (Å²) in [5, 5.41) is 3.55. The largest absolute Gasteiger partial charge is 0.312 e. The highest BCUT2D eigenvalue weighted by Gasteiger charge is 2.26. The lowest BCUT2D eigenvalue weighted by atomic mass is 10.0. The maximum Gasteiger partial charge on any atom is 0.0477 e. The molecular formula is C18H32N4. The van der Waals surface area contributed by atoms with Crippen LogP contribution in [0.4, 0.5) is 0 Å². The number of nitrogens with one attached hydrogen (secondary N) is 1. The van der Waals surface area contributed by atoms with Crippen LogP contribution in [0, 0.1) is 0 Å². The van der Waals surface area contributed by atoms with Gasteiger partial charge in [0.1, 0.15) is 0 Å². The van der Waals surface area contributed by atoms with E-state index in [4.69, 9.17) is 0 Å². The summed E-state index contributed by atoms with van der Waals surface area (Å²) in [6.07, 6.45) is 6.30. The number of piperazine rings is 1. The van der Waals surface area contributed by atoms with Crippen molar-refractivity contribution in [1.82, 2.24) is 20.1 Å². The molecule has 4 heteroatoms. The van der Waals surface area contributed by atoms with Gasteiger partial charge in [0, 0.05) is 50.7 Å². The molecule has 2 rings (SSSR count). The molecule has 1 aliphatic heterocycles. The van der Waals surface area contributed by atoms with E-state index in [2.05, 4.69) is 53.0 Å². The molecule has 2 heterocycles. The van der Waals surface area contributed by atoms with E-state index >= 15 is 0 Å². The summed E-state index contributed by atoms with van der Waals surface area (Å²) in [7, 11) is 0. The summed E-state index contributed by atoms with van der Waals surface area (Å²) >= 11 is 0. The van der Waals surface area contributed by atoms with Gasteiger partial charge in [-0.1, -0.05) is 13.8 Å². The summed E-state index contributed by atoms with van der Waals surface area (Å²) in [6, 6.07) is 5.43. The van der Waals surface area contributed by atoms with Gasteiger partial charge in [0.25, 0.3) is 0 Å². The zero-order valence-corrected chi connectivity index (χ0v) is 14.5. The molecular weight excluding hydrogens is 272 g/mol. The summed E-state index contributed by atoms with van der Waals surface area (Å²) in [4.78, 5) is 9.47. The molecule has 124 valence electrons. The average molecular weight is 304 g/mol. The lowest BCUT2D eigenvalue weighted by molar-refractivity contribution is 0.108. The smallest absolute Gasteiger partial charge is 0.0477 e. The Hall–Kier alpha value is -0.970. The molecule has 0 saturated carbocycles. The molecule has 1 N–H and O–H groups in total. The maximum absolute atomic E-state index is 4.20. The first-order valence-electron chi connectivity index (χ1n) is 8.84. The Labute approximate surface area is 135 Å². The van der Waals surface area contributed by atoms with Crippen molar-refractivity contribution in [3.05, 3.63) is 30.1 Å². The summed E-state index contributed by atoms with van der Waals surface area (Å²) < 4.78 is 0. The molecule has 1 aliphatic rings. The second-order valence-corrected chi connectivity index (χ2v) is 6.45. The Morgan fingerprint density at radius 3 is 2.55 bits per heavy atom. The van der Waals surface area contributed by atoms with Crippen LogP contribution >= 0.6 is 0 Å². The zero-order chi connectivity index (χ0) is 15.8. The Morgan fingerprint density at radius 2 is 1.95 bits per heavy atom. The SMILES string of the molecule is CCCN(CCC)CC(c1ccncc1)N1CCNC(C)C1. The lowest BCUT2D eigenvalue weighted by Gasteiger charge is -2.40. The van der Waals surface area contributed by atoms with Gasteiger partial charge in [-0.05, 0) is 50.6 Å². The van der Waals surface area contributed by atoms with Gasteiger partial charge in [0.15, 0.2) is 0 Å². The number of hydrogen-bond donors (Lipinski definition) is 1. The van der Waals surface area contributed by atoms with Crippen LogP contribution in [0.5, 0.6) is 0 Å². The van der Waals surface area contributed by atoms with Crippen LogP contribution in [0.2, 0.25) is 0 Å². The number of pyridine rings is 1. The van der Waals surface area contributed by atoms with Gasteiger partial charge in [-0.15, -0.1) is 0 Å². The second kappa shape index (κ2) is 9.23. The molecule has 0 amide bonds. The highest BCUT2D eigenvalue weighted by Crippen LogP contribution is 2.23. The third-order valence-corrected chi connectivity index (χ3v) is 4.44. The van der Waals surface area contributed by atoms with Crippen LogP contribution in [0.3, 0.4) is 0 Å². The highest BCUT2D eigenvalue weighted by atomic mass is 15.3. The fraction of sp³-hybridized carbons (Fsp3) is 0.722. The Balaban J connectivity index is 2.13. The predicted molar refractivity (Wildman–Crippen MR) is 93.0 cm³/mol. The highest BCUT2D eigenvalue weighted by molar-refractivity contribution is 5.16. The summed E-state index contributed by atoms with van der Waals surface area (Å²) in [5.74, 6) is 0. The van der Waals surface area contributed by atoms with Gasteiger partial charge in [-0.3, -0.25) is 9.88 Å². The molecule has 4 nitrogen and oxygen atoms in total. The molecule has 0 spiro atoms. The third-order valence-electron chi connectivity index (χ3n) is 4.44. The van der Waals surface area contributed by atoms with Crippen molar-refractivity contribution in [3.63, 3.8) is 0 Å². The van der Waals surface area contributed by atoms with Gasteiger partial charge >= 0.3 is 0 Å². The van der Waals surface area contributed by atoms with E-state index in [1.54, 1.807) is 0 Å². The average Bonchev–Trinajstić information content (AvgIpc) is 2.54. The van der Waals surface area contributed by atoms with Crippen molar-refractivity contribution in [2.75, 3.05) is 39.3 Å². The number of hydrogen-bond acceptors (Lipinski definition) is 4. The van der Waals surface area contributed by atoms with Gasteiger partial charge < -0.3 is 10.2 Å². The fourth-order valence-corrected chi connectivity index (χ4v) is 3.43. The number of aromatic nitrogens is 1. The first-order valence-corrected chi connectivity index (χ1v) is 8.84. The molecule has 0 radical (unpaired) electrons. The van der Waals surface area contributed by atoms with Crippen LogP contribution in [-0.4, -0.2) is 60.1 Å². The van der Waals surface area contributed by atoms with Crippen LogP contribution < -0.4 is 5.32 Å². The molecule has 1 aromatic heterocycles. The lowest BCUT2D eigenvalue weighted by Crippen LogP contribution is -2.52. The molecule has 1 fully saturated rings. The van der Waals surface area contributed by atoms with E-state index in [1.807, 2.05) is 12.4 Å². The van der Waals surface area contributed by atoms with Gasteiger partial charge in [0.05, 0.1) is 0 Å². The first-order chi connectivity index (χ1) is 10.7. The zero-order valence-electron chi connectivity index (χ0n) is 14.5. The van der Waals surface area contributed by atoms with E-state index in [9.17, 15) is 0 Å². The predicted octanol–water partition coefficient (Wildman–Crippen LogP) is 2.54. The number of rotatable bonds is 8. The van der Waals surface area contributed by atoms with E-state index in [-0.39, 0.29) is 0 Å². The van der Waals surface area contributed by atoms with Crippen LogP contribution in [0.25, 0.3) is 0 Å². The van der Waals surface area contributed by atoms with Crippen LogP contribution in [0.15, 0.2) is 24.5 Å². The third kappa shape index (κ3) is 5.04. The molecule has 1 saturated heterocycles. The fourth-order valence-electron chi connectivity index (χ4n) is 3.43. The molecule has 2 atom stereocenters. The normalized spacial score (nSPS) is 21.2. The van der Waals surface area contributed by atoms with Crippen LogP contribution in [0.1, 0.15) is 45.2 Å². The molecule has 2 unspecified atom stereocenters. The molecule has 0 aliphatic carbocycles. The second-order valence-electron chi connectivity index (χ2n) is 6.45. The van der Waals surface area contributed by atoms with Crippen LogP contribution in [-0.2, 0) is 0 Å². The quantitative estimate of drug-likeness (QED) is 0.800. The molecule has 1 aromatic rings. The van der Waals surface area contributed by atoms with Crippen molar-refractivity contribution in [3.8, 4) is 0 Å². The standard InChI is InChI=1S/C18H32N4/c1-4-11-21(12-5-2)15-18(17-6-8-19-9-7-17)22-13-10-20-16(3)14-22/h6-9,16,18,20H,4-5,10-15H2,1-3H3.